The number of H-pyrrole nitrogens is 1. The van der Waals surface area contributed by atoms with E-state index in [-0.39, 0.29) is 29.6 Å². The lowest BCUT2D eigenvalue weighted by atomic mass is 9.99. The molecule has 0 bridgehead atoms. The Balaban J connectivity index is 1.31. The van der Waals surface area contributed by atoms with Crippen molar-refractivity contribution in [1.82, 2.24) is 14.6 Å². The zero-order chi connectivity index (χ0) is 23.4. The third-order valence-electron chi connectivity index (χ3n) is 5.63. The predicted molar refractivity (Wildman–Crippen MR) is 125 cm³/mol. The van der Waals surface area contributed by atoms with Gasteiger partial charge in [0.05, 0.1) is 11.5 Å². The number of nitrogens with one attached hydrogen (secondary N) is 2. The summed E-state index contributed by atoms with van der Waals surface area (Å²) in [6.45, 7) is 3.38. The summed E-state index contributed by atoms with van der Waals surface area (Å²) in [7, 11) is -3.70. The number of aromatic nitrogens is 1. The first-order chi connectivity index (χ1) is 15.9. The first-order valence-electron chi connectivity index (χ1n) is 10.8. The van der Waals surface area contributed by atoms with Gasteiger partial charge in [-0.25, -0.2) is 17.5 Å². The summed E-state index contributed by atoms with van der Waals surface area (Å²) in [6, 6.07) is 10.8. The van der Waals surface area contributed by atoms with Crippen molar-refractivity contribution < 1.29 is 22.3 Å². The van der Waals surface area contributed by atoms with E-state index < -0.39 is 10.0 Å². The minimum atomic E-state index is -3.70. The summed E-state index contributed by atoms with van der Waals surface area (Å²) in [5.41, 5.74) is 2.86. The van der Waals surface area contributed by atoms with Gasteiger partial charge in [-0.3, -0.25) is 4.79 Å². The van der Waals surface area contributed by atoms with Gasteiger partial charge >= 0.3 is 0 Å². The van der Waals surface area contributed by atoms with Crippen molar-refractivity contribution in [1.29, 1.82) is 0 Å². The summed E-state index contributed by atoms with van der Waals surface area (Å²) in [5, 5.41) is 0.950. The summed E-state index contributed by atoms with van der Waals surface area (Å²) >= 11 is 0. The molecule has 1 amide bonds. The average molecular weight is 472 g/mol. The van der Waals surface area contributed by atoms with E-state index in [0.29, 0.717) is 31.9 Å². The fraction of sp³-hybridized carbons (Fsp3) is 0.292. The van der Waals surface area contributed by atoms with Crippen LogP contribution >= 0.6 is 0 Å². The second-order valence-electron chi connectivity index (χ2n) is 7.76. The Morgan fingerprint density at radius 3 is 2.70 bits per heavy atom. The molecule has 3 aromatic rings. The lowest BCUT2D eigenvalue weighted by Gasteiger charge is -2.26. The lowest BCUT2D eigenvalue weighted by molar-refractivity contribution is -0.130. The van der Waals surface area contributed by atoms with Crippen molar-refractivity contribution in [3.8, 4) is 5.75 Å². The van der Waals surface area contributed by atoms with E-state index in [2.05, 4.69) is 9.71 Å². The Morgan fingerprint density at radius 2 is 2.00 bits per heavy atom. The molecule has 1 aromatic heterocycles. The molecule has 4 rings (SSSR count). The molecule has 0 saturated carbocycles. The number of benzene rings is 2. The van der Waals surface area contributed by atoms with Crippen LogP contribution in [0, 0.1) is 5.82 Å². The lowest BCUT2D eigenvalue weighted by Crippen LogP contribution is -2.37. The van der Waals surface area contributed by atoms with Gasteiger partial charge in [-0.05, 0) is 61.4 Å². The largest absolute Gasteiger partial charge is 0.494 e. The van der Waals surface area contributed by atoms with Crippen LogP contribution in [-0.2, 0) is 14.8 Å². The van der Waals surface area contributed by atoms with Gasteiger partial charge in [-0.1, -0.05) is 6.08 Å². The molecule has 0 radical (unpaired) electrons. The number of carbonyl (C=O) groups is 1. The highest BCUT2D eigenvalue weighted by Gasteiger charge is 2.20. The van der Waals surface area contributed by atoms with E-state index in [0.717, 1.165) is 22.0 Å². The van der Waals surface area contributed by atoms with Crippen molar-refractivity contribution in [3.63, 3.8) is 0 Å². The third kappa shape index (κ3) is 5.26. The number of hydrogen-bond donors (Lipinski definition) is 2. The highest BCUT2D eigenvalue weighted by molar-refractivity contribution is 7.89. The number of nitrogens with zero attached hydrogens (tertiary/aromatic N) is 1. The van der Waals surface area contributed by atoms with Crippen molar-refractivity contribution >= 4 is 32.4 Å². The van der Waals surface area contributed by atoms with Crippen LogP contribution in [0.25, 0.3) is 16.5 Å². The van der Waals surface area contributed by atoms with Gasteiger partial charge in [0.2, 0.25) is 15.9 Å². The number of halogens is 1. The minimum absolute atomic E-state index is 0.0233. The smallest absolute Gasteiger partial charge is 0.240 e. The van der Waals surface area contributed by atoms with Crippen LogP contribution < -0.4 is 9.46 Å². The second kappa shape index (κ2) is 9.76. The van der Waals surface area contributed by atoms with E-state index >= 15 is 0 Å². The van der Waals surface area contributed by atoms with Gasteiger partial charge in [-0.2, -0.15) is 0 Å². The molecule has 2 heterocycles. The molecule has 0 unspecified atom stereocenters. The molecule has 0 saturated heterocycles. The normalized spacial score (nSPS) is 14.4. The quantitative estimate of drug-likeness (QED) is 0.524. The topological polar surface area (TPSA) is 91.5 Å². The number of aromatic amines is 1. The number of carbonyl (C=O) groups excluding carboxylic acids is 1. The van der Waals surface area contributed by atoms with Crippen LogP contribution in [-0.4, -0.2) is 50.5 Å². The molecule has 1 aliphatic heterocycles. The molecule has 0 fully saturated rings. The number of fused-ring (bicyclic) bond motifs is 1. The summed E-state index contributed by atoms with van der Waals surface area (Å²) < 4.78 is 46.1. The molecule has 0 spiro atoms. The van der Waals surface area contributed by atoms with Gasteiger partial charge in [0.25, 0.3) is 0 Å². The summed E-state index contributed by atoms with van der Waals surface area (Å²) in [4.78, 5) is 17.5. The number of sulfonamides is 1. The molecular weight excluding hydrogens is 445 g/mol. The van der Waals surface area contributed by atoms with Crippen LogP contribution in [0.15, 0.2) is 59.6 Å². The van der Waals surface area contributed by atoms with Gasteiger partial charge in [-0.15, -0.1) is 0 Å². The Morgan fingerprint density at radius 1 is 1.21 bits per heavy atom. The fourth-order valence-corrected chi connectivity index (χ4v) is 4.95. The van der Waals surface area contributed by atoms with Crippen molar-refractivity contribution in [2.45, 2.75) is 24.7 Å². The number of amides is 1. The van der Waals surface area contributed by atoms with Crippen LogP contribution in [0.4, 0.5) is 4.39 Å². The number of ether oxygens (including phenoxy) is 1. The molecule has 7 nitrogen and oxygen atoms in total. The average Bonchev–Trinajstić information content (AvgIpc) is 3.22. The zero-order valence-corrected chi connectivity index (χ0v) is 19.1. The maximum absolute atomic E-state index is 13.4. The molecule has 2 N–H and O–H groups in total. The van der Waals surface area contributed by atoms with Crippen LogP contribution in [0.1, 0.15) is 25.3 Å². The summed E-state index contributed by atoms with van der Waals surface area (Å²) in [6.07, 6.45) is 4.61. The van der Waals surface area contributed by atoms with Crippen molar-refractivity contribution in [2.24, 2.45) is 0 Å². The standard InChI is InChI=1S/C24H26FN3O4S/c1-2-32-19-4-6-20(7-5-19)33(30,31)27-12-9-24(29)28-13-10-17(11-14-28)22-16-26-23-15-18(25)3-8-21(22)23/h3-8,10,15-16,26-27H,2,9,11-14H2,1H3. The maximum Gasteiger partial charge on any atom is 0.240 e. The first kappa shape index (κ1) is 23.0. The van der Waals surface area contributed by atoms with Crippen LogP contribution in [0.3, 0.4) is 0 Å². The Labute approximate surface area is 192 Å². The van der Waals surface area contributed by atoms with Crippen LogP contribution in [0.5, 0.6) is 5.75 Å². The van der Waals surface area contributed by atoms with Crippen molar-refractivity contribution in [3.05, 3.63) is 66.1 Å². The predicted octanol–water partition coefficient (Wildman–Crippen LogP) is 3.69. The van der Waals surface area contributed by atoms with Crippen molar-refractivity contribution in [2.75, 3.05) is 26.2 Å². The van der Waals surface area contributed by atoms with E-state index in [1.165, 1.54) is 24.3 Å². The molecule has 1 aliphatic rings. The third-order valence-corrected chi connectivity index (χ3v) is 7.10. The summed E-state index contributed by atoms with van der Waals surface area (Å²) in [5.74, 6) is 0.202. The van der Waals surface area contributed by atoms with Gasteiger partial charge in [0.15, 0.2) is 0 Å². The van der Waals surface area contributed by atoms with E-state index in [1.807, 2.05) is 19.2 Å². The van der Waals surface area contributed by atoms with Gasteiger partial charge < -0.3 is 14.6 Å². The first-order valence-corrected chi connectivity index (χ1v) is 12.3. The number of rotatable bonds is 8. The molecule has 2 aromatic carbocycles. The van der Waals surface area contributed by atoms with E-state index in [4.69, 9.17) is 4.74 Å². The van der Waals surface area contributed by atoms with Gasteiger partial charge in [0, 0.05) is 48.7 Å². The molecule has 0 aliphatic carbocycles. The Kier molecular flexibility index (Phi) is 6.80. The minimum Gasteiger partial charge on any atom is -0.494 e. The number of hydrogen-bond acceptors (Lipinski definition) is 4. The molecule has 0 atom stereocenters. The van der Waals surface area contributed by atoms with E-state index in [9.17, 15) is 17.6 Å². The molecule has 33 heavy (non-hydrogen) atoms. The molecule has 9 heteroatoms. The fourth-order valence-electron chi connectivity index (χ4n) is 3.92. The highest BCUT2D eigenvalue weighted by Crippen LogP contribution is 2.29. The zero-order valence-electron chi connectivity index (χ0n) is 18.3. The van der Waals surface area contributed by atoms with Gasteiger partial charge in [0.1, 0.15) is 11.6 Å². The SMILES string of the molecule is CCOc1ccc(S(=O)(=O)NCCC(=O)N2CC=C(c3c[nH]c4cc(F)ccc34)CC2)cc1. The Bertz CT molecular complexity index is 1280. The Hall–Kier alpha value is -3.17. The van der Waals surface area contributed by atoms with E-state index in [1.54, 1.807) is 23.1 Å². The highest BCUT2D eigenvalue weighted by atomic mass is 32.2. The second-order valence-corrected chi connectivity index (χ2v) is 9.53. The molecular formula is C24H26FN3O4S. The monoisotopic (exact) mass is 471 g/mol. The van der Waals surface area contributed by atoms with Crippen LogP contribution in [0.2, 0.25) is 0 Å². The maximum atomic E-state index is 13.4. The molecule has 174 valence electrons.